The highest BCUT2D eigenvalue weighted by Gasteiger charge is 2.30. The minimum absolute atomic E-state index is 0.200. The zero-order chi connectivity index (χ0) is 12.1. The van der Waals surface area contributed by atoms with E-state index in [0.717, 1.165) is 0 Å². The molecule has 0 aliphatic carbocycles. The second-order valence-electron chi connectivity index (χ2n) is 6.52. The maximum absolute atomic E-state index is 3.40. The number of hydrogen-bond donors (Lipinski definition) is 1. The van der Waals surface area contributed by atoms with Crippen LogP contribution in [0.3, 0.4) is 0 Å². The van der Waals surface area contributed by atoms with Gasteiger partial charge in [0.15, 0.2) is 0 Å². The number of thiophene rings is 1. The topological polar surface area (TPSA) is 15.8 Å². The lowest BCUT2D eigenvalue weighted by Crippen LogP contribution is -2.19. The zero-order valence-corrected chi connectivity index (χ0v) is 11.9. The predicted molar refractivity (Wildman–Crippen MR) is 73.6 cm³/mol. The molecule has 1 N–H and O–H groups in total. The highest BCUT2D eigenvalue weighted by Crippen LogP contribution is 2.43. The van der Waals surface area contributed by atoms with Crippen molar-refractivity contribution in [2.45, 2.75) is 52.4 Å². The molecule has 0 atom stereocenters. The molecule has 0 radical (unpaired) electrons. The van der Waals surface area contributed by atoms with Crippen LogP contribution < -0.4 is 0 Å². The molecule has 0 unspecified atom stereocenters. The van der Waals surface area contributed by atoms with E-state index in [1.165, 1.54) is 20.7 Å². The fraction of sp³-hybridized carbons (Fsp3) is 0.571. The molecule has 0 fully saturated rings. The van der Waals surface area contributed by atoms with Gasteiger partial charge in [-0.3, -0.25) is 0 Å². The average molecular weight is 235 g/mol. The molecule has 0 aliphatic rings. The second-order valence-corrected chi connectivity index (χ2v) is 7.58. The van der Waals surface area contributed by atoms with Crippen molar-refractivity contribution < 1.29 is 0 Å². The summed E-state index contributed by atoms with van der Waals surface area (Å²) in [4.78, 5) is 4.91. The largest absolute Gasteiger partial charge is 0.360 e. The van der Waals surface area contributed by atoms with Crippen LogP contribution in [-0.4, -0.2) is 4.98 Å². The molecule has 2 rings (SSSR count). The van der Waals surface area contributed by atoms with Crippen LogP contribution in [0.1, 0.15) is 52.0 Å². The molecule has 2 heterocycles. The van der Waals surface area contributed by atoms with Gasteiger partial charge in [0, 0.05) is 11.1 Å². The molecule has 0 saturated carbocycles. The van der Waals surface area contributed by atoms with Gasteiger partial charge in [0.1, 0.15) is 0 Å². The van der Waals surface area contributed by atoms with Crippen LogP contribution in [0.25, 0.3) is 10.2 Å². The number of hydrogen-bond acceptors (Lipinski definition) is 1. The van der Waals surface area contributed by atoms with Gasteiger partial charge in [0.05, 0.1) is 10.2 Å². The first-order valence-corrected chi connectivity index (χ1v) is 6.64. The first kappa shape index (κ1) is 11.7. The number of H-pyrrole nitrogens is 1. The van der Waals surface area contributed by atoms with Crippen LogP contribution in [0, 0.1) is 0 Å². The zero-order valence-electron chi connectivity index (χ0n) is 11.1. The molecule has 0 amide bonds. The van der Waals surface area contributed by atoms with Crippen molar-refractivity contribution in [3.8, 4) is 0 Å². The Kier molecular flexibility index (Phi) is 2.46. The molecule has 0 spiro atoms. The smallest absolute Gasteiger partial charge is 0.0604 e. The van der Waals surface area contributed by atoms with E-state index >= 15 is 0 Å². The van der Waals surface area contributed by atoms with Crippen molar-refractivity contribution in [3.05, 3.63) is 22.7 Å². The summed E-state index contributed by atoms with van der Waals surface area (Å²) in [5.74, 6) is 0. The fourth-order valence-corrected chi connectivity index (χ4v) is 3.59. The monoisotopic (exact) mass is 235 g/mol. The van der Waals surface area contributed by atoms with Crippen molar-refractivity contribution in [2.75, 3.05) is 0 Å². The number of aromatic amines is 1. The first-order chi connectivity index (χ1) is 7.21. The molecule has 0 aromatic carbocycles. The lowest BCUT2D eigenvalue weighted by Gasteiger charge is -2.26. The normalized spacial score (nSPS) is 13.6. The maximum atomic E-state index is 3.40. The van der Waals surface area contributed by atoms with E-state index in [2.05, 4.69) is 52.6 Å². The number of aromatic nitrogens is 1. The minimum Gasteiger partial charge on any atom is -0.360 e. The Balaban J connectivity index is 2.79. The molecule has 0 bridgehead atoms. The summed E-state index contributed by atoms with van der Waals surface area (Å²) in [6.45, 7) is 13.8. The van der Waals surface area contributed by atoms with Crippen LogP contribution in [-0.2, 0) is 10.8 Å². The molecule has 2 aromatic rings. The van der Waals surface area contributed by atoms with E-state index in [1.54, 1.807) is 0 Å². The van der Waals surface area contributed by atoms with Gasteiger partial charge in [-0.05, 0) is 22.5 Å². The highest BCUT2D eigenvalue weighted by molar-refractivity contribution is 7.19. The summed E-state index contributed by atoms with van der Waals surface area (Å²) in [5.41, 5.74) is 3.26. The molecule has 88 valence electrons. The van der Waals surface area contributed by atoms with Gasteiger partial charge in [0.2, 0.25) is 0 Å². The third kappa shape index (κ3) is 1.80. The van der Waals surface area contributed by atoms with Gasteiger partial charge in [0.25, 0.3) is 0 Å². The van der Waals surface area contributed by atoms with Crippen molar-refractivity contribution in [1.29, 1.82) is 0 Å². The molecule has 1 nitrogen and oxygen atoms in total. The van der Waals surface area contributed by atoms with E-state index in [-0.39, 0.29) is 10.8 Å². The van der Waals surface area contributed by atoms with Crippen molar-refractivity contribution in [2.24, 2.45) is 0 Å². The van der Waals surface area contributed by atoms with Crippen molar-refractivity contribution in [3.63, 3.8) is 0 Å². The van der Waals surface area contributed by atoms with E-state index in [4.69, 9.17) is 0 Å². The number of rotatable bonds is 0. The summed E-state index contributed by atoms with van der Waals surface area (Å²) in [5, 5.41) is 0. The lowest BCUT2D eigenvalue weighted by molar-refractivity contribution is 0.544. The van der Waals surface area contributed by atoms with Crippen LogP contribution >= 0.6 is 11.3 Å². The third-order valence-corrected chi connectivity index (χ3v) is 4.41. The third-order valence-electron chi connectivity index (χ3n) is 2.83. The lowest BCUT2D eigenvalue weighted by atomic mass is 9.80. The highest BCUT2D eigenvalue weighted by atomic mass is 32.1. The Morgan fingerprint density at radius 3 is 2.12 bits per heavy atom. The standard InChI is InChI=1S/C14H21NS/c1-13(2,3)10-11-9(7-8-15-11)16-12(10)14(4,5)6/h7-8,15H,1-6H3. The first-order valence-electron chi connectivity index (χ1n) is 5.82. The van der Waals surface area contributed by atoms with Gasteiger partial charge >= 0.3 is 0 Å². The minimum atomic E-state index is 0.200. The molecule has 0 aliphatic heterocycles. The fourth-order valence-electron chi connectivity index (χ4n) is 2.15. The molecular weight excluding hydrogens is 214 g/mol. The summed E-state index contributed by atoms with van der Waals surface area (Å²) in [6.07, 6.45) is 2.04. The molecular formula is C14H21NS. The van der Waals surface area contributed by atoms with Crippen molar-refractivity contribution in [1.82, 2.24) is 4.98 Å². The van der Waals surface area contributed by atoms with E-state index < -0.39 is 0 Å². The Morgan fingerprint density at radius 2 is 1.62 bits per heavy atom. The Hall–Kier alpha value is -0.760. The van der Waals surface area contributed by atoms with Crippen LogP contribution in [0.2, 0.25) is 0 Å². The summed E-state index contributed by atoms with van der Waals surface area (Å²) in [7, 11) is 0. The van der Waals surface area contributed by atoms with Crippen LogP contribution in [0.15, 0.2) is 12.3 Å². The molecule has 16 heavy (non-hydrogen) atoms. The average Bonchev–Trinajstić information content (AvgIpc) is 2.53. The summed E-state index contributed by atoms with van der Waals surface area (Å²) in [6, 6.07) is 2.18. The number of nitrogens with one attached hydrogen (secondary N) is 1. The van der Waals surface area contributed by atoms with Gasteiger partial charge in [-0.15, -0.1) is 11.3 Å². The Morgan fingerprint density at radius 1 is 1.00 bits per heavy atom. The van der Waals surface area contributed by atoms with Gasteiger partial charge in [-0.2, -0.15) is 0 Å². The van der Waals surface area contributed by atoms with E-state index in [1.807, 2.05) is 17.5 Å². The molecule has 2 aromatic heterocycles. The molecule has 0 saturated heterocycles. The van der Waals surface area contributed by atoms with E-state index in [0.29, 0.717) is 0 Å². The second kappa shape index (κ2) is 3.36. The van der Waals surface area contributed by atoms with Gasteiger partial charge in [-0.1, -0.05) is 41.5 Å². The van der Waals surface area contributed by atoms with Crippen LogP contribution in [0.5, 0.6) is 0 Å². The van der Waals surface area contributed by atoms with Gasteiger partial charge < -0.3 is 4.98 Å². The Labute approximate surface area is 102 Å². The van der Waals surface area contributed by atoms with Gasteiger partial charge in [-0.25, -0.2) is 0 Å². The van der Waals surface area contributed by atoms with E-state index in [9.17, 15) is 0 Å². The quantitative estimate of drug-likeness (QED) is 0.673. The summed E-state index contributed by atoms with van der Waals surface area (Å²) >= 11 is 1.93. The number of fused-ring (bicyclic) bond motifs is 1. The predicted octanol–water partition coefficient (Wildman–Crippen LogP) is 4.82. The Bertz CT molecular complexity index is 503. The maximum Gasteiger partial charge on any atom is 0.0604 e. The SMILES string of the molecule is CC(C)(C)c1sc2cc[nH]c2c1C(C)(C)C. The van der Waals surface area contributed by atoms with Crippen LogP contribution in [0.4, 0.5) is 0 Å². The molecule has 2 heteroatoms. The van der Waals surface area contributed by atoms with Crippen molar-refractivity contribution >= 4 is 21.6 Å². The summed E-state index contributed by atoms with van der Waals surface area (Å²) < 4.78 is 1.38.